The van der Waals surface area contributed by atoms with Gasteiger partial charge < -0.3 is 14.5 Å². The van der Waals surface area contributed by atoms with Crippen LogP contribution < -0.4 is 9.64 Å². The number of amides is 1. The van der Waals surface area contributed by atoms with Crippen molar-refractivity contribution < 1.29 is 17.9 Å². The van der Waals surface area contributed by atoms with E-state index in [2.05, 4.69) is 4.90 Å². The quantitative estimate of drug-likeness (QED) is 0.458. The third-order valence-corrected chi connectivity index (χ3v) is 8.41. The van der Waals surface area contributed by atoms with Gasteiger partial charge in [0.05, 0.1) is 22.8 Å². The maximum absolute atomic E-state index is 12.6. The van der Waals surface area contributed by atoms with Crippen LogP contribution in [0.2, 0.25) is 0 Å². The van der Waals surface area contributed by atoms with E-state index in [0.29, 0.717) is 39.2 Å². The Morgan fingerprint density at radius 1 is 1.06 bits per heavy atom. The number of ether oxygens (including phenoxy) is 1. The highest BCUT2D eigenvalue weighted by molar-refractivity contribution is 7.90. The fraction of sp³-hybridized carbons (Fsp3) is 0.417. The monoisotopic (exact) mass is 487 g/mol. The summed E-state index contributed by atoms with van der Waals surface area (Å²) < 4.78 is 31.5. The lowest BCUT2D eigenvalue weighted by Crippen LogP contribution is -2.48. The molecule has 1 amide bonds. The van der Waals surface area contributed by atoms with Crippen molar-refractivity contribution in [1.29, 1.82) is 0 Å². The molecule has 0 radical (unpaired) electrons. The largest absolute Gasteiger partial charge is 0.492 e. The van der Waals surface area contributed by atoms with E-state index in [1.165, 1.54) is 0 Å². The topological polar surface area (TPSA) is 79.8 Å². The Kier molecular flexibility index (Phi) is 7.49. The Bertz CT molecular complexity index is 1190. The number of carbonyl (C=O) groups excluding carboxylic acids is 1. The molecule has 0 spiro atoms. The number of nitrogens with zero attached hydrogens (tertiary/aromatic N) is 3. The van der Waals surface area contributed by atoms with Gasteiger partial charge in [0, 0.05) is 32.6 Å². The maximum atomic E-state index is 12.6. The normalized spacial score (nSPS) is 14.6. The fourth-order valence-electron chi connectivity index (χ4n) is 3.97. The second kappa shape index (κ2) is 10.5. The molecule has 2 aromatic carbocycles. The van der Waals surface area contributed by atoms with Gasteiger partial charge in [0.15, 0.2) is 15.0 Å². The van der Waals surface area contributed by atoms with Crippen LogP contribution in [0, 0.1) is 0 Å². The molecule has 3 aromatic rings. The van der Waals surface area contributed by atoms with Gasteiger partial charge in [-0.15, -0.1) is 0 Å². The van der Waals surface area contributed by atoms with Crippen LogP contribution in [0.1, 0.15) is 25.3 Å². The minimum Gasteiger partial charge on any atom is -0.492 e. The molecule has 0 aliphatic carbocycles. The van der Waals surface area contributed by atoms with Gasteiger partial charge in [-0.1, -0.05) is 47.7 Å². The number of anilines is 1. The number of sulfone groups is 1. The predicted octanol–water partition coefficient (Wildman–Crippen LogP) is 3.74. The van der Waals surface area contributed by atoms with Gasteiger partial charge in [0.25, 0.3) is 0 Å². The summed E-state index contributed by atoms with van der Waals surface area (Å²) in [6, 6.07) is 15.1. The number of aromatic nitrogens is 1. The molecule has 1 aromatic heterocycles. The third kappa shape index (κ3) is 6.03. The summed E-state index contributed by atoms with van der Waals surface area (Å²) in [6.45, 7) is 5.21. The van der Waals surface area contributed by atoms with Gasteiger partial charge in [-0.2, -0.15) is 0 Å². The first-order valence-electron chi connectivity index (χ1n) is 11.2. The van der Waals surface area contributed by atoms with Crippen molar-refractivity contribution in [2.24, 2.45) is 0 Å². The molecule has 0 bridgehead atoms. The van der Waals surface area contributed by atoms with Crippen LogP contribution in [-0.2, 0) is 20.4 Å². The lowest BCUT2D eigenvalue weighted by atomic mass is 10.2. The molecule has 1 saturated heterocycles. The van der Waals surface area contributed by atoms with E-state index in [-0.39, 0.29) is 23.8 Å². The predicted molar refractivity (Wildman–Crippen MR) is 133 cm³/mol. The van der Waals surface area contributed by atoms with Crippen LogP contribution in [0.25, 0.3) is 10.2 Å². The second-order valence-corrected chi connectivity index (χ2v) is 11.3. The Morgan fingerprint density at radius 2 is 1.82 bits per heavy atom. The molecule has 1 aliphatic heterocycles. The van der Waals surface area contributed by atoms with Crippen LogP contribution in [-0.4, -0.2) is 62.7 Å². The van der Waals surface area contributed by atoms with E-state index in [4.69, 9.17) is 9.72 Å². The van der Waals surface area contributed by atoms with E-state index < -0.39 is 9.84 Å². The molecular weight excluding hydrogens is 458 g/mol. The highest BCUT2D eigenvalue weighted by Crippen LogP contribution is 2.34. The average Bonchev–Trinajstić information content (AvgIpc) is 3.25. The van der Waals surface area contributed by atoms with Crippen LogP contribution in [0.3, 0.4) is 0 Å². The summed E-state index contributed by atoms with van der Waals surface area (Å²) in [6.07, 6.45) is 0.610. The third-order valence-electron chi connectivity index (χ3n) is 5.65. The smallest absolute Gasteiger partial charge is 0.222 e. The Hall–Kier alpha value is -2.65. The molecule has 0 saturated carbocycles. The molecule has 2 heterocycles. The van der Waals surface area contributed by atoms with Crippen molar-refractivity contribution in [2.45, 2.75) is 25.5 Å². The van der Waals surface area contributed by atoms with E-state index in [9.17, 15) is 13.2 Å². The SMILES string of the molecule is CCOc1cccc2sc(N3CCN(C(=O)CCCS(=O)(=O)Cc4ccccc4)CC3)nc12. The molecule has 7 nitrogen and oxygen atoms in total. The van der Waals surface area contributed by atoms with Crippen molar-refractivity contribution in [3.63, 3.8) is 0 Å². The summed E-state index contributed by atoms with van der Waals surface area (Å²) in [5, 5.41) is 0.941. The molecule has 0 N–H and O–H groups in total. The zero-order valence-corrected chi connectivity index (χ0v) is 20.4. The van der Waals surface area contributed by atoms with E-state index >= 15 is 0 Å². The Morgan fingerprint density at radius 3 is 2.55 bits per heavy atom. The lowest BCUT2D eigenvalue weighted by Gasteiger charge is -2.34. The zero-order valence-electron chi connectivity index (χ0n) is 18.8. The van der Waals surface area contributed by atoms with Crippen molar-refractivity contribution >= 4 is 42.4 Å². The first-order valence-corrected chi connectivity index (χ1v) is 13.9. The number of hydrogen-bond acceptors (Lipinski definition) is 7. The van der Waals surface area contributed by atoms with Gasteiger partial charge in [-0.05, 0) is 31.0 Å². The number of benzene rings is 2. The Balaban J connectivity index is 1.26. The summed E-state index contributed by atoms with van der Waals surface area (Å²) in [7, 11) is -3.22. The number of thiazole rings is 1. The van der Waals surface area contributed by atoms with Crippen LogP contribution in [0.4, 0.5) is 5.13 Å². The number of fused-ring (bicyclic) bond motifs is 1. The molecule has 0 unspecified atom stereocenters. The van der Waals surface area contributed by atoms with Gasteiger partial charge in [-0.25, -0.2) is 13.4 Å². The van der Waals surface area contributed by atoms with Crippen molar-refractivity contribution in [3.05, 3.63) is 54.1 Å². The summed E-state index contributed by atoms with van der Waals surface area (Å²) in [5.74, 6) is 0.871. The average molecular weight is 488 g/mol. The first-order chi connectivity index (χ1) is 15.9. The number of hydrogen-bond donors (Lipinski definition) is 0. The molecule has 33 heavy (non-hydrogen) atoms. The first kappa shape index (κ1) is 23.5. The minimum absolute atomic E-state index is 0.0208. The van der Waals surface area contributed by atoms with Gasteiger partial charge in [0.2, 0.25) is 5.91 Å². The summed E-state index contributed by atoms with van der Waals surface area (Å²) in [4.78, 5) is 21.4. The number of rotatable bonds is 9. The van der Waals surface area contributed by atoms with Gasteiger partial charge in [-0.3, -0.25) is 4.79 Å². The number of piperazine rings is 1. The molecule has 4 rings (SSSR count). The van der Waals surface area contributed by atoms with Crippen LogP contribution in [0.15, 0.2) is 48.5 Å². The molecule has 176 valence electrons. The molecule has 0 atom stereocenters. The minimum atomic E-state index is -3.22. The standard InChI is InChI=1S/C24H29N3O4S2/c1-2-31-20-10-6-11-21-23(20)25-24(32-21)27-15-13-26(14-16-27)22(28)12-7-17-33(29,30)18-19-8-4-3-5-9-19/h3-6,8-11H,2,7,12-18H2,1H3. The van der Waals surface area contributed by atoms with Crippen molar-refractivity contribution in [1.82, 2.24) is 9.88 Å². The molecule has 9 heteroatoms. The summed E-state index contributed by atoms with van der Waals surface area (Å²) >= 11 is 1.64. The fourth-order valence-corrected chi connectivity index (χ4v) is 6.43. The lowest BCUT2D eigenvalue weighted by molar-refractivity contribution is -0.131. The maximum Gasteiger partial charge on any atom is 0.222 e. The molecule has 1 aliphatic rings. The zero-order chi connectivity index (χ0) is 23.3. The summed E-state index contributed by atoms with van der Waals surface area (Å²) in [5.41, 5.74) is 1.66. The number of para-hydroxylation sites is 1. The highest BCUT2D eigenvalue weighted by Gasteiger charge is 2.24. The van der Waals surface area contributed by atoms with Gasteiger partial charge >= 0.3 is 0 Å². The van der Waals surface area contributed by atoms with E-state index in [1.807, 2.05) is 60.4 Å². The van der Waals surface area contributed by atoms with E-state index in [0.717, 1.165) is 26.7 Å². The van der Waals surface area contributed by atoms with Crippen molar-refractivity contribution in [2.75, 3.05) is 43.4 Å². The van der Waals surface area contributed by atoms with Crippen molar-refractivity contribution in [3.8, 4) is 5.75 Å². The molecular formula is C24H29N3O4S2. The number of carbonyl (C=O) groups is 1. The Labute approximate surface area is 198 Å². The van der Waals surface area contributed by atoms with Gasteiger partial charge in [0.1, 0.15) is 11.3 Å². The van der Waals surface area contributed by atoms with Crippen LogP contribution in [0.5, 0.6) is 5.75 Å². The molecule has 1 fully saturated rings. The second-order valence-electron chi connectivity index (χ2n) is 8.08. The van der Waals surface area contributed by atoms with E-state index in [1.54, 1.807) is 11.3 Å². The van der Waals surface area contributed by atoms with Crippen LogP contribution >= 0.6 is 11.3 Å². The highest BCUT2D eigenvalue weighted by atomic mass is 32.2.